The molecule has 0 aliphatic heterocycles. The van der Waals surface area contributed by atoms with Crippen LogP contribution in [0.1, 0.15) is 62.1 Å². The number of amides is 1. The molecule has 1 aromatic heterocycles. The molecule has 1 atom stereocenters. The van der Waals surface area contributed by atoms with E-state index in [4.69, 9.17) is 9.15 Å². The second-order valence-corrected chi connectivity index (χ2v) is 7.92. The SMILES string of the molecule is Cc1cc(O[C@H](C)C(=O)NCCCCCC(=O)[O-])c2c3c(c(=O)oc2c1)CCCC3. The summed E-state index contributed by atoms with van der Waals surface area (Å²) >= 11 is 0. The number of carboxylic acid groups (broad SMARTS) is 1. The van der Waals surface area contributed by atoms with Crippen molar-refractivity contribution in [1.82, 2.24) is 5.32 Å². The van der Waals surface area contributed by atoms with E-state index < -0.39 is 12.1 Å². The first-order chi connectivity index (χ1) is 14.4. The second kappa shape index (κ2) is 9.78. The Balaban J connectivity index is 1.71. The molecule has 1 aromatic carbocycles. The van der Waals surface area contributed by atoms with Crippen molar-refractivity contribution in [2.45, 2.75) is 71.3 Å². The van der Waals surface area contributed by atoms with Crippen molar-refractivity contribution in [2.24, 2.45) is 0 Å². The van der Waals surface area contributed by atoms with Crippen LogP contribution in [0.5, 0.6) is 5.75 Å². The molecule has 1 aliphatic carbocycles. The Bertz CT molecular complexity index is 993. The Morgan fingerprint density at radius 1 is 1.17 bits per heavy atom. The largest absolute Gasteiger partial charge is 0.550 e. The quantitative estimate of drug-likeness (QED) is 0.498. The monoisotopic (exact) mass is 414 g/mol. The highest BCUT2D eigenvalue weighted by Crippen LogP contribution is 2.35. The average Bonchev–Trinajstić information content (AvgIpc) is 2.69. The number of unbranched alkanes of at least 4 members (excludes halogenated alkanes) is 2. The van der Waals surface area contributed by atoms with E-state index in [0.29, 0.717) is 43.6 Å². The first-order valence-electron chi connectivity index (χ1n) is 10.6. The molecular weight excluding hydrogens is 386 g/mol. The van der Waals surface area contributed by atoms with E-state index in [9.17, 15) is 19.5 Å². The Morgan fingerprint density at radius 3 is 2.63 bits per heavy atom. The number of fused-ring (bicyclic) bond motifs is 3. The molecule has 7 nitrogen and oxygen atoms in total. The van der Waals surface area contributed by atoms with Crippen molar-refractivity contribution >= 4 is 22.8 Å². The van der Waals surface area contributed by atoms with E-state index in [0.717, 1.165) is 41.3 Å². The summed E-state index contributed by atoms with van der Waals surface area (Å²) in [6.07, 6.45) is 4.72. The van der Waals surface area contributed by atoms with Gasteiger partial charge >= 0.3 is 5.63 Å². The third-order valence-electron chi connectivity index (χ3n) is 5.46. The molecule has 0 bridgehead atoms. The molecule has 162 valence electrons. The molecular formula is C23H28NO6-. The highest BCUT2D eigenvalue weighted by molar-refractivity contribution is 5.89. The lowest BCUT2D eigenvalue weighted by Gasteiger charge is -2.21. The smallest absolute Gasteiger partial charge is 0.339 e. The van der Waals surface area contributed by atoms with Gasteiger partial charge in [0.1, 0.15) is 11.3 Å². The average molecular weight is 414 g/mol. The van der Waals surface area contributed by atoms with Crippen LogP contribution in [-0.2, 0) is 22.4 Å². The number of carbonyl (C=O) groups excluding carboxylic acids is 2. The van der Waals surface area contributed by atoms with Gasteiger partial charge in [-0.05, 0) is 82.1 Å². The lowest BCUT2D eigenvalue weighted by molar-refractivity contribution is -0.305. The molecule has 3 rings (SSSR count). The lowest BCUT2D eigenvalue weighted by atomic mass is 9.90. The van der Waals surface area contributed by atoms with E-state index in [1.807, 2.05) is 19.1 Å². The minimum atomic E-state index is -1.05. The molecule has 30 heavy (non-hydrogen) atoms. The highest BCUT2D eigenvalue weighted by Gasteiger charge is 2.23. The fraction of sp³-hybridized carbons (Fsp3) is 0.522. The molecule has 0 fully saturated rings. The van der Waals surface area contributed by atoms with Gasteiger partial charge in [-0.2, -0.15) is 0 Å². The van der Waals surface area contributed by atoms with Gasteiger partial charge in [-0.15, -0.1) is 0 Å². The van der Waals surface area contributed by atoms with E-state index in [2.05, 4.69) is 5.32 Å². The Morgan fingerprint density at radius 2 is 1.90 bits per heavy atom. The molecule has 1 N–H and O–H groups in total. The first kappa shape index (κ1) is 21.9. The molecule has 2 aromatic rings. The zero-order valence-electron chi connectivity index (χ0n) is 17.5. The van der Waals surface area contributed by atoms with Gasteiger partial charge in [-0.25, -0.2) is 4.79 Å². The minimum absolute atomic E-state index is 0.0361. The van der Waals surface area contributed by atoms with Gasteiger partial charge in [0.2, 0.25) is 0 Å². The summed E-state index contributed by atoms with van der Waals surface area (Å²) in [6, 6.07) is 3.71. The third kappa shape index (κ3) is 5.20. The third-order valence-corrected chi connectivity index (χ3v) is 5.46. The van der Waals surface area contributed by atoms with Crippen LogP contribution in [0.2, 0.25) is 0 Å². The number of benzene rings is 1. The maximum atomic E-state index is 12.4. The second-order valence-electron chi connectivity index (χ2n) is 7.92. The summed E-state index contributed by atoms with van der Waals surface area (Å²) < 4.78 is 11.6. The van der Waals surface area contributed by atoms with E-state index in [1.54, 1.807) is 6.92 Å². The van der Waals surface area contributed by atoms with Crippen LogP contribution >= 0.6 is 0 Å². The van der Waals surface area contributed by atoms with Crippen LogP contribution in [-0.4, -0.2) is 24.5 Å². The number of carboxylic acids is 1. The van der Waals surface area contributed by atoms with Crippen molar-refractivity contribution < 1.29 is 23.8 Å². The van der Waals surface area contributed by atoms with Crippen molar-refractivity contribution in [3.05, 3.63) is 39.2 Å². The zero-order valence-corrected chi connectivity index (χ0v) is 17.5. The van der Waals surface area contributed by atoms with Crippen LogP contribution < -0.4 is 20.8 Å². The summed E-state index contributed by atoms with van der Waals surface area (Å²) in [5.41, 5.74) is 2.80. The van der Waals surface area contributed by atoms with Crippen LogP contribution in [0.4, 0.5) is 0 Å². The topological polar surface area (TPSA) is 109 Å². The molecule has 0 saturated heterocycles. The number of carbonyl (C=O) groups is 2. The highest BCUT2D eigenvalue weighted by atomic mass is 16.5. The Labute approximate surface area is 175 Å². The fourth-order valence-corrected chi connectivity index (χ4v) is 3.93. The summed E-state index contributed by atoms with van der Waals surface area (Å²) in [5.74, 6) is -0.733. The van der Waals surface area contributed by atoms with Crippen molar-refractivity contribution in [3.8, 4) is 5.75 Å². The van der Waals surface area contributed by atoms with Crippen LogP contribution in [0, 0.1) is 6.92 Å². The number of hydrogen-bond donors (Lipinski definition) is 1. The maximum Gasteiger partial charge on any atom is 0.339 e. The molecule has 0 radical (unpaired) electrons. The number of ether oxygens (including phenoxy) is 1. The van der Waals surface area contributed by atoms with Gasteiger partial charge in [0, 0.05) is 18.1 Å². The van der Waals surface area contributed by atoms with Crippen LogP contribution in [0.15, 0.2) is 21.3 Å². The van der Waals surface area contributed by atoms with Gasteiger partial charge in [-0.1, -0.05) is 6.42 Å². The standard InChI is InChI=1S/C23H29NO6/c1-14-12-18(29-15(2)22(27)24-11-7-3-4-10-20(25)26)21-16-8-5-6-9-17(16)23(28)30-19(21)13-14/h12-13,15H,3-11H2,1-2H3,(H,24,27)(H,25,26)/p-1/t15-/m1/s1. The lowest BCUT2D eigenvalue weighted by Crippen LogP contribution is -2.37. The van der Waals surface area contributed by atoms with Crippen molar-refractivity contribution in [2.75, 3.05) is 6.54 Å². The van der Waals surface area contributed by atoms with E-state index >= 15 is 0 Å². The van der Waals surface area contributed by atoms with Gasteiger partial charge in [0.05, 0.1) is 5.39 Å². The Kier molecular flexibility index (Phi) is 7.13. The van der Waals surface area contributed by atoms with E-state index in [-0.39, 0.29) is 18.0 Å². The van der Waals surface area contributed by atoms with Crippen molar-refractivity contribution in [1.29, 1.82) is 0 Å². The summed E-state index contributed by atoms with van der Waals surface area (Å²) in [5, 5.41) is 14.0. The molecule has 1 heterocycles. The molecule has 0 saturated carbocycles. The Hall–Kier alpha value is -2.83. The van der Waals surface area contributed by atoms with Crippen LogP contribution in [0.25, 0.3) is 11.0 Å². The normalized spacial score (nSPS) is 14.2. The predicted octanol–water partition coefficient (Wildman–Crippen LogP) is 2.17. The molecule has 7 heteroatoms. The summed E-state index contributed by atoms with van der Waals surface area (Å²) in [4.78, 5) is 35.2. The molecule has 1 aliphatic rings. The number of hydrogen-bond acceptors (Lipinski definition) is 6. The fourth-order valence-electron chi connectivity index (χ4n) is 3.93. The number of aliphatic carboxylic acids is 1. The maximum absolute atomic E-state index is 12.4. The van der Waals surface area contributed by atoms with Crippen molar-refractivity contribution in [3.63, 3.8) is 0 Å². The number of rotatable bonds is 9. The predicted molar refractivity (Wildman–Crippen MR) is 110 cm³/mol. The molecule has 0 spiro atoms. The van der Waals surface area contributed by atoms with Crippen LogP contribution in [0.3, 0.4) is 0 Å². The van der Waals surface area contributed by atoms with E-state index in [1.165, 1.54) is 0 Å². The minimum Gasteiger partial charge on any atom is -0.550 e. The summed E-state index contributed by atoms with van der Waals surface area (Å²) in [7, 11) is 0. The van der Waals surface area contributed by atoms with Gasteiger partial charge < -0.3 is 24.4 Å². The van der Waals surface area contributed by atoms with Gasteiger partial charge in [0.15, 0.2) is 6.10 Å². The van der Waals surface area contributed by atoms with Gasteiger partial charge in [0.25, 0.3) is 5.91 Å². The molecule has 0 unspecified atom stereocenters. The first-order valence-corrected chi connectivity index (χ1v) is 10.6. The summed E-state index contributed by atoms with van der Waals surface area (Å²) in [6.45, 7) is 4.03. The number of nitrogens with one attached hydrogen (secondary N) is 1. The molecule has 1 amide bonds. The van der Waals surface area contributed by atoms with Gasteiger partial charge in [-0.3, -0.25) is 4.79 Å². The number of aryl methyl sites for hydroxylation is 2. The zero-order chi connectivity index (χ0) is 21.7.